The van der Waals surface area contributed by atoms with Crippen molar-refractivity contribution in [3.8, 4) is 0 Å². The molecule has 1 N–H and O–H groups in total. The summed E-state index contributed by atoms with van der Waals surface area (Å²) < 4.78 is 18.2. The first-order chi connectivity index (χ1) is 20.4. The second-order valence-electron chi connectivity index (χ2n) is 12.1. The normalized spacial score (nSPS) is 39.0. The fourth-order valence-corrected chi connectivity index (χ4v) is 8.69. The molecule has 2 bridgehead atoms. The van der Waals surface area contributed by atoms with Crippen LogP contribution in [0.5, 0.6) is 0 Å². The molecule has 0 amide bonds. The lowest BCUT2D eigenvalue weighted by Crippen LogP contribution is -2.69. The van der Waals surface area contributed by atoms with E-state index in [2.05, 4.69) is 0 Å². The second kappa shape index (κ2) is 9.02. The molecule has 2 saturated carbocycles. The van der Waals surface area contributed by atoms with Crippen LogP contribution in [0.4, 0.5) is 0 Å². The number of rotatable bonds is 3. The van der Waals surface area contributed by atoms with Crippen molar-refractivity contribution in [1.29, 1.82) is 0 Å². The van der Waals surface area contributed by atoms with Crippen LogP contribution in [-0.2, 0) is 33.4 Å². The first kappa shape index (κ1) is 25.3. The van der Waals surface area contributed by atoms with Crippen molar-refractivity contribution in [2.45, 2.75) is 37.6 Å². The molecule has 3 aliphatic heterocycles. The highest BCUT2D eigenvalue weighted by Gasteiger charge is 2.77. The van der Waals surface area contributed by atoms with E-state index in [1.54, 1.807) is 6.08 Å². The molecule has 1 spiro atoms. The standard InChI is InChI=1S/C34H28O8/c35-22(12-11-17-7-3-1-4-8-17)28-20-14-26(37)42-33(20)29-19-13-25-34(30(29)31(28)39,21-15-27(38)41-32(19)21)24(36)16-23(40-25)18-9-5-2-6-10-18/h1-13,19-21,23,29-30,32-33,35H,14-16H2/b12-11+,28-22?/t19?,20-,21+,23+,29-,30?,32+,33-,34?/m1/s1. The quantitative estimate of drug-likeness (QED) is 0.331. The fraction of sp³-hybridized carbons (Fsp3) is 0.353. The summed E-state index contributed by atoms with van der Waals surface area (Å²) in [6.07, 6.45) is 3.09. The minimum atomic E-state index is -1.45. The van der Waals surface area contributed by atoms with Crippen molar-refractivity contribution in [1.82, 2.24) is 0 Å². The number of hydrogen-bond acceptors (Lipinski definition) is 8. The van der Waals surface area contributed by atoms with Gasteiger partial charge in [-0.1, -0.05) is 66.7 Å². The molecular formula is C34H28O8. The summed E-state index contributed by atoms with van der Waals surface area (Å²) >= 11 is 0. The van der Waals surface area contributed by atoms with Crippen LogP contribution in [0.15, 0.2) is 89.9 Å². The van der Waals surface area contributed by atoms with E-state index in [0.29, 0.717) is 5.76 Å². The molecule has 3 unspecified atom stereocenters. The van der Waals surface area contributed by atoms with Crippen LogP contribution in [0.1, 0.15) is 36.5 Å². The fourth-order valence-electron chi connectivity index (χ4n) is 8.69. The summed E-state index contributed by atoms with van der Waals surface area (Å²) in [4.78, 5) is 54.7. The van der Waals surface area contributed by atoms with Gasteiger partial charge in [0.05, 0.1) is 12.8 Å². The summed E-state index contributed by atoms with van der Waals surface area (Å²) in [6, 6.07) is 18.8. The molecule has 42 heavy (non-hydrogen) atoms. The van der Waals surface area contributed by atoms with Crippen LogP contribution in [0.2, 0.25) is 0 Å². The Morgan fingerprint density at radius 1 is 0.833 bits per heavy atom. The largest absolute Gasteiger partial charge is 0.508 e. The van der Waals surface area contributed by atoms with Crippen molar-refractivity contribution < 1.29 is 38.5 Å². The van der Waals surface area contributed by atoms with Gasteiger partial charge < -0.3 is 19.3 Å². The predicted molar refractivity (Wildman–Crippen MR) is 147 cm³/mol. The molecule has 5 fully saturated rings. The molecule has 4 aliphatic carbocycles. The number of fused-ring (bicyclic) bond motifs is 1. The molecule has 0 radical (unpaired) electrons. The molecule has 212 valence electrons. The lowest BCUT2D eigenvalue weighted by atomic mass is 9.41. The summed E-state index contributed by atoms with van der Waals surface area (Å²) in [5.41, 5.74) is 0.320. The first-order valence-electron chi connectivity index (χ1n) is 14.4. The van der Waals surface area contributed by atoms with Gasteiger partial charge in [0.15, 0.2) is 11.6 Å². The van der Waals surface area contributed by atoms with Gasteiger partial charge in [0, 0.05) is 41.6 Å². The number of esters is 2. The third-order valence-corrected chi connectivity index (χ3v) is 10.2. The van der Waals surface area contributed by atoms with E-state index in [1.165, 1.54) is 6.08 Å². The summed E-state index contributed by atoms with van der Waals surface area (Å²) in [6.45, 7) is 0. The van der Waals surface area contributed by atoms with Gasteiger partial charge in [-0.2, -0.15) is 0 Å². The van der Waals surface area contributed by atoms with Crippen LogP contribution < -0.4 is 0 Å². The van der Waals surface area contributed by atoms with Gasteiger partial charge in [-0.15, -0.1) is 0 Å². The minimum absolute atomic E-state index is 0.00701. The molecule has 9 atom stereocenters. The van der Waals surface area contributed by atoms with Crippen LogP contribution in [0.25, 0.3) is 6.08 Å². The number of ketones is 2. The average Bonchev–Trinajstić information content (AvgIpc) is 3.59. The summed E-state index contributed by atoms with van der Waals surface area (Å²) in [5, 5.41) is 11.4. The Labute approximate surface area is 241 Å². The van der Waals surface area contributed by atoms with Crippen molar-refractivity contribution in [2.75, 3.05) is 0 Å². The molecule has 8 nitrogen and oxygen atoms in total. The third-order valence-electron chi connectivity index (χ3n) is 10.2. The van der Waals surface area contributed by atoms with Crippen LogP contribution >= 0.6 is 0 Å². The number of benzene rings is 2. The monoisotopic (exact) mass is 564 g/mol. The number of aliphatic hydroxyl groups is 1. The highest BCUT2D eigenvalue weighted by molar-refractivity contribution is 6.07. The first-order valence-corrected chi connectivity index (χ1v) is 14.4. The molecule has 2 aromatic rings. The average molecular weight is 565 g/mol. The second-order valence-corrected chi connectivity index (χ2v) is 12.1. The lowest BCUT2D eigenvalue weighted by molar-refractivity contribution is -0.197. The zero-order valence-corrected chi connectivity index (χ0v) is 22.6. The number of carbonyl (C=O) groups excluding carboxylic acids is 4. The molecule has 3 saturated heterocycles. The maximum absolute atomic E-state index is 14.7. The Hall–Kier alpha value is -4.46. The van der Waals surface area contributed by atoms with Gasteiger partial charge in [0.25, 0.3) is 0 Å². The maximum Gasteiger partial charge on any atom is 0.306 e. The van der Waals surface area contributed by atoms with E-state index < -0.39 is 71.0 Å². The minimum Gasteiger partial charge on any atom is -0.508 e. The van der Waals surface area contributed by atoms with Crippen molar-refractivity contribution in [3.05, 3.63) is 101 Å². The number of carbonyl (C=O) groups is 4. The van der Waals surface area contributed by atoms with Gasteiger partial charge in [0.1, 0.15) is 35.2 Å². The van der Waals surface area contributed by atoms with E-state index >= 15 is 0 Å². The Balaban J connectivity index is 1.28. The molecule has 9 rings (SSSR count). The van der Waals surface area contributed by atoms with Gasteiger partial charge in [0.2, 0.25) is 0 Å². The Morgan fingerprint density at radius 2 is 1.52 bits per heavy atom. The molecule has 0 aromatic heterocycles. The Morgan fingerprint density at radius 3 is 2.29 bits per heavy atom. The van der Waals surface area contributed by atoms with Gasteiger partial charge in [-0.05, 0) is 23.3 Å². The van der Waals surface area contributed by atoms with E-state index in [-0.39, 0.29) is 36.4 Å². The van der Waals surface area contributed by atoms with E-state index in [9.17, 15) is 24.3 Å². The van der Waals surface area contributed by atoms with Crippen LogP contribution in [0.3, 0.4) is 0 Å². The predicted octanol–water partition coefficient (Wildman–Crippen LogP) is 4.43. The number of ether oxygens (including phenoxy) is 3. The van der Waals surface area contributed by atoms with Gasteiger partial charge in [-0.3, -0.25) is 19.2 Å². The van der Waals surface area contributed by atoms with Crippen molar-refractivity contribution >= 4 is 29.6 Å². The Bertz CT molecular complexity index is 1620. The number of aliphatic hydroxyl groups excluding tert-OH is 1. The van der Waals surface area contributed by atoms with E-state index in [0.717, 1.165) is 11.1 Å². The van der Waals surface area contributed by atoms with E-state index in [4.69, 9.17) is 14.2 Å². The van der Waals surface area contributed by atoms with Crippen LogP contribution in [0, 0.1) is 35.0 Å². The smallest absolute Gasteiger partial charge is 0.306 e. The number of hydrogen-bond donors (Lipinski definition) is 1. The van der Waals surface area contributed by atoms with Gasteiger partial charge in [-0.25, -0.2) is 0 Å². The zero-order chi connectivity index (χ0) is 28.7. The molecular weight excluding hydrogens is 536 g/mol. The summed E-state index contributed by atoms with van der Waals surface area (Å²) in [7, 11) is 0. The van der Waals surface area contributed by atoms with Crippen molar-refractivity contribution in [2.24, 2.45) is 35.0 Å². The number of Topliss-reactive ketones (excluding diaryl/α,β-unsaturated/α-hetero) is 2. The van der Waals surface area contributed by atoms with Crippen molar-refractivity contribution in [3.63, 3.8) is 0 Å². The highest BCUT2D eigenvalue weighted by atomic mass is 16.6. The molecule has 7 aliphatic rings. The number of allylic oxidation sites excluding steroid dienone is 2. The highest BCUT2D eigenvalue weighted by Crippen LogP contribution is 2.70. The third kappa shape index (κ3) is 3.35. The lowest BCUT2D eigenvalue weighted by Gasteiger charge is -2.62. The molecule has 3 heterocycles. The maximum atomic E-state index is 14.7. The van der Waals surface area contributed by atoms with Gasteiger partial charge >= 0.3 is 11.9 Å². The van der Waals surface area contributed by atoms with E-state index in [1.807, 2.05) is 66.7 Å². The van der Waals surface area contributed by atoms with Crippen LogP contribution in [-0.4, -0.2) is 40.8 Å². The zero-order valence-electron chi connectivity index (χ0n) is 22.6. The Kier molecular flexibility index (Phi) is 5.42. The topological polar surface area (TPSA) is 116 Å². The molecule has 8 heteroatoms. The SMILES string of the molecule is O=C1C[C@@H]2C(=C(O)/C=C/c3ccccc3)C(=O)C3[C@@H](C4C=C5O[C@H](c6ccccc6)CC(=O)C53[C@H]3CC(=O)O[C@@H]43)[C@@H]2O1. The molecule has 2 aromatic carbocycles. The summed E-state index contributed by atoms with van der Waals surface area (Å²) in [5.74, 6) is -4.59.